The fourth-order valence-corrected chi connectivity index (χ4v) is 7.12. The third-order valence-corrected chi connectivity index (χ3v) is 10.7. The van der Waals surface area contributed by atoms with Crippen LogP contribution in [0.15, 0.2) is 0 Å². The summed E-state index contributed by atoms with van der Waals surface area (Å²) in [5.74, 6) is -2.42. The molecule has 0 aromatic rings. The molecule has 1 unspecified atom stereocenters. The number of carboxylic acids is 1. The second kappa shape index (κ2) is 35.4. The number of hydrogen-bond donors (Lipinski definition) is 4. The molecule has 1 aliphatic rings. The summed E-state index contributed by atoms with van der Waals surface area (Å²) in [4.78, 5) is 36.8. The summed E-state index contributed by atoms with van der Waals surface area (Å²) < 4.78 is 21.7. The van der Waals surface area contributed by atoms with Crippen molar-refractivity contribution in [1.82, 2.24) is 0 Å². The normalized spacial score (nSPS) is 20.3. The van der Waals surface area contributed by atoms with E-state index in [1.807, 2.05) is 0 Å². The first-order valence-electron chi connectivity index (χ1n) is 22.6. The molecule has 0 spiro atoms. The van der Waals surface area contributed by atoms with Crippen LogP contribution in [0.1, 0.15) is 213 Å². The highest BCUT2D eigenvalue weighted by atomic mass is 16.7. The Morgan fingerprint density at radius 3 is 1.24 bits per heavy atom. The van der Waals surface area contributed by atoms with E-state index in [2.05, 4.69) is 13.8 Å². The number of carboxylic acid groups (broad SMARTS) is 1. The van der Waals surface area contributed by atoms with Gasteiger partial charge in [-0.05, 0) is 12.8 Å². The lowest BCUT2D eigenvalue weighted by Crippen LogP contribution is -2.60. The Kier molecular flexibility index (Phi) is 33.0. The van der Waals surface area contributed by atoms with Crippen molar-refractivity contribution >= 4 is 17.9 Å². The number of aliphatic hydroxyl groups excluding tert-OH is 3. The van der Waals surface area contributed by atoms with Crippen LogP contribution in [-0.4, -0.2) is 88.4 Å². The van der Waals surface area contributed by atoms with Crippen LogP contribution in [0.4, 0.5) is 0 Å². The largest absolute Gasteiger partial charge is 0.479 e. The average molecular weight is 787 g/mol. The van der Waals surface area contributed by atoms with E-state index in [1.54, 1.807) is 0 Å². The van der Waals surface area contributed by atoms with Gasteiger partial charge in [-0.2, -0.15) is 0 Å². The third-order valence-electron chi connectivity index (χ3n) is 10.7. The third kappa shape index (κ3) is 27.5. The van der Waals surface area contributed by atoms with Gasteiger partial charge in [-0.1, -0.05) is 187 Å². The molecule has 11 nitrogen and oxygen atoms in total. The molecule has 1 heterocycles. The first-order chi connectivity index (χ1) is 26.7. The predicted octanol–water partition coefficient (Wildman–Crippen LogP) is 9.48. The number of esters is 2. The minimum atomic E-state index is -1.85. The van der Waals surface area contributed by atoms with Crippen molar-refractivity contribution in [3.05, 3.63) is 0 Å². The van der Waals surface area contributed by atoms with Crippen LogP contribution in [0, 0.1) is 0 Å². The number of aliphatic hydroxyl groups is 3. The lowest BCUT2D eigenvalue weighted by atomic mass is 9.99. The van der Waals surface area contributed by atoms with Crippen molar-refractivity contribution in [3.63, 3.8) is 0 Å². The summed E-state index contributed by atoms with van der Waals surface area (Å²) in [5.41, 5.74) is 0. The monoisotopic (exact) mass is 787 g/mol. The quantitative estimate of drug-likeness (QED) is 0.0347. The van der Waals surface area contributed by atoms with Gasteiger partial charge in [0.2, 0.25) is 0 Å². The highest BCUT2D eigenvalue weighted by Crippen LogP contribution is 2.23. The van der Waals surface area contributed by atoms with Gasteiger partial charge in [-0.25, -0.2) is 4.79 Å². The molecule has 6 atom stereocenters. The fourth-order valence-electron chi connectivity index (χ4n) is 7.12. The molecule has 0 saturated carbocycles. The average Bonchev–Trinajstić information content (AvgIpc) is 3.17. The molecular formula is C44H82O11. The van der Waals surface area contributed by atoms with Crippen molar-refractivity contribution in [2.75, 3.05) is 13.2 Å². The van der Waals surface area contributed by atoms with Gasteiger partial charge < -0.3 is 39.4 Å². The maximum atomic E-state index is 12.7. The molecule has 1 aliphatic heterocycles. The molecule has 0 aromatic carbocycles. The Morgan fingerprint density at radius 2 is 0.855 bits per heavy atom. The molecule has 4 N–H and O–H groups in total. The molecule has 0 aromatic heterocycles. The summed E-state index contributed by atoms with van der Waals surface area (Å²) in [6, 6.07) is 0. The number of carbonyl (C=O) groups is 3. The zero-order chi connectivity index (χ0) is 40.4. The van der Waals surface area contributed by atoms with Gasteiger partial charge >= 0.3 is 17.9 Å². The fraction of sp³-hybridized carbons (Fsp3) is 0.932. The Hall–Kier alpha value is -1.79. The Bertz CT molecular complexity index is 931. The van der Waals surface area contributed by atoms with E-state index in [-0.39, 0.29) is 26.1 Å². The molecule has 1 rings (SSSR count). The molecular weight excluding hydrogens is 704 g/mol. The van der Waals surface area contributed by atoms with Gasteiger partial charge in [0.25, 0.3) is 0 Å². The van der Waals surface area contributed by atoms with Gasteiger partial charge in [-0.3, -0.25) is 9.59 Å². The Labute approximate surface area is 334 Å². The second-order valence-electron chi connectivity index (χ2n) is 15.9. The maximum absolute atomic E-state index is 12.7. The van der Waals surface area contributed by atoms with Gasteiger partial charge in [0, 0.05) is 12.8 Å². The van der Waals surface area contributed by atoms with Crippen molar-refractivity contribution in [1.29, 1.82) is 0 Å². The number of unbranched alkanes of at least 4 members (excludes halogenated alkanes) is 27. The number of carbonyl (C=O) groups excluding carboxylic acids is 2. The number of rotatable bonds is 38. The first-order valence-corrected chi connectivity index (χ1v) is 22.6. The van der Waals surface area contributed by atoms with Gasteiger partial charge in [-0.15, -0.1) is 0 Å². The topological polar surface area (TPSA) is 169 Å². The van der Waals surface area contributed by atoms with Crippen LogP contribution < -0.4 is 0 Å². The van der Waals surface area contributed by atoms with Crippen LogP contribution in [0.2, 0.25) is 0 Å². The van der Waals surface area contributed by atoms with Crippen LogP contribution in [0.25, 0.3) is 0 Å². The highest BCUT2D eigenvalue weighted by molar-refractivity contribution is 5.73. The zero-order valence-corrected chi connectivity index (χ0v) is 34.9. The Balaban J connectivity index is 2.35. The Morgan fingerprint density at radius 1 is 0.491 bits per heavy atom. The van der Waals surface area contributed by atoms with Crippen LogP contribution in [-0.2, 0) is 33.3 Å². The molecule has 55 heavy (non-hydrogen) atoms. The minimum Gasteiger partial charge on any atom is -0.479 e. The van der Waals surface area contributed by atoms with E-state index in [1.165, 1.54) is 135 Å². The summed E-state index contributed by atoms with van der Waals surface area (Å²) in [7, 11) is 0. The molecule has 0 radical (unpaired) electrons. The molecule has 0 amide bonds. The summed E-state index contributed by atoms with van der Waals surface area (Å²) in [6.07, 6.45) is 25.8. The van der Waals surface area contributed by atoms with E-state index in [0.717, 1.165) is 38.5 Å². The molecule has 1 fully saturated rings. The predicted molar refractivity (Wildman–Crippen MR) is 216 cm³/mol. The molecule has 0 bridgehead atoms. The molecule has 324 valence electrons. The van der Waals surface area contributed by atoms with Gasteiger partial charge in [0.15, 0.2) is 18.5 Å². The van der Waals surface area contributed by atoms with Crippen LogP contribution in [0.3, 0.4) is 0 Å². The molecule has 0 aliphatic carbocycles. The van der Waals surface area contributed by atoms with Gasteiger partial charge in [0.1, 0.15) is 24.9 Å². The lowest BCUT2D eigenvalue weighted by Gasteiger charge is -2.38. The summed E-state index contributed by atoms with van der Waals surface area (Å²) >= 11 is 0. The SMILES string of the molecule is CCCCCCCCCCCCCCCCCCC(=O)OCC(CO[C@H]1O[C@H](C(=O)O)[C@@H](O)[C@H](O)[C@H]1O)OC(=O)CCCCCCCCCCCCCCC. The van der Waals surface area contributed by atoms with Crippen molar-refractivity contribution in [2.24, 2.45) is 0 Å². The summed E-state index contributed by atoms with van der Waals surface area (Å²) in [5, 5.41) is 39.8. The molecule has 1 saturated heterocycles. The van der Waals surface area contributed by atoms with E-state index in [9.17, 15) is 34.8 Å². The summed E-state index contributed by atoms with van der Waals surface area (Å²) in [6.45, 7) is 3.83. The van der Waals surface area contributed by atoms with Crippen LogP contribution >= 0.6 is 0 Å². The number of hydrogen-bond acceptors (Lipinski definition) is 10. The number of ether oxygens (including phenoxy) is 4. The highest BCUT2D eigenvalue weighted by Gasteiger charge is 2.47. The first kappa shape index (κ1) is 51.2. The van der Waals surface area contributed by atoms with Gasteiger partial charge in [0.05, 0.1) is 6.61 Å². The van der Waals surface area contributed by atoms with E-state index < -0.39 is 54.7 Å². The van der Waals surface area contributed by atoms with E-state index >= 15 is 0 Å². The standard InChI is InChI=1S/C44H82O11/c1-3-5-7-9-11-13-15-17-18-19-21-22-24-26-28-30-32-37(45)52-34-36(35-53-44-41(49)39(47)40(48)42(55-44)43(50)51)54-38(46)33-31-29-27-25-23-20-16-14-12-10-8-6-4-2/h36,39-42,44,47-49H,3-35H2,1-2H3,(H,50,51)/t36?,39-,40-,41+,42-,44-/m0/s1. The van der Waals surface area contributed by atoms with E-state index in [4.69, 9.17) is 18.9 Å². The minimum absolute atomic E-state index is 0.190. The van der Waals surface area contributed by atoms with Crippen molar-refractivity contribution in [3.8, 4) is 0 Å². The number of aliphatic carboxylic acids is 1. The van der Waals surface area contributed by atoms with E-state index in [0.29, 0.717) is 12.8 Å². The van der Waals surface area contributed by atoms with Crippen molar-refractivity contribution in [2.45, 2.75) is 250 Å². The second-order valence-corrected chi connectivity index (χ2v) is 15.9. The maximum Gasteiger partial charge on any atom is 0.335 e. The lowest BCUT2D eigenvalue weighted by molar-refractivity contribution is -0.298. The van der Waals surface area contributed by atoms with Crippen LogP contribution in [0.5, 0.6) is 0 Å². The molecule has 11 heteroatoms. The smallest absolute Gasteiger partial charge is 0.335 e. The van der Waals surface area contributed by atoms with Crippen molar-refractivity contribution < 1.29 is 53.8 Å². The zero-order valence-electron chi connectivity index (χ0n) is 34.9.